The molecule has 0 radical (unpaired) electrons. The molecule has 1 unspecified atom stereocenters. The van der Waals surface area contributed by atoms with Gasteiger partial charge in [0.2, 0.25) is 0 Å². The van der Waals surface area contributed by atoms with Crippen LogP contribution in [-0.2, 0) is 11.2 Å². The van der Waals surface area contributed by atoms with Gasteiger partial charge in [-0.2, -0.15) is 0 Å². The number of nitrogens with one attached hydrogen (secondary N) is 1. The lowest BCUT2D eigenvalue weighted by molar-refractivity contribution is 0.179. The van der Waals surface area contributed by atoms with Crippen LogP contribution in [0.3, 0.4) is 0 Å². The number of ether oxygens (including phenoxy) is 1. The molecule has 3 N–H and O–H groups in total. The van der Waals surface area contributed by atoms with Gasteiger partial charge in [0.15, 0.2) is 5.96 Å². The Morgan fingerprint density at radius 1 is 1.65 bits per heavy atom. The number of methoxy groups -OCH3 is 1. The number of halogens is 1. The van der Waals surface area contributed by atoms with E-state index in [4.69, 9.17) is 10.5 Å². The van der Waals surface area contributed by atoms with E-state index in [0.29, 0.717) is 19.1 Å². The number of thiophene rings is 1. The molecule has 0 fully saturated rings. The zero-order chi connectivity index (χ0) is 12.7. The summed E-state index contributed by atoms with van der Waals surface area (Å²) in [5, 5.41) is 3.07. The molecule has 0 amide bonds. The second kappa shape index (κ2) is 7.68. The molecule has 0 aromatic carbocycles. The van der Waals surface area contributed by atoms with E-state index >= 15 is 0 Å². The zero-order valence-corrected chi connectivity index (χ0v) is 12.5. The molecule has 0 bridgehead atoms. The predicted molar refractivity (Wildman–Crippen MR) is 76.7 cm³/mol. The monoisotopic (exact) mass is 319 g/mol. The second-order valence-electron chi connectivity index (χ2n) is 3.72. The zero-order valence-electron chi connectivity index (χ0n) is 10.1. The van der Waals surface area contributed by atoms with E-state index in [1.54, 1.807) is 18.4 Å². The van der Waals surface area contributed by atoms with Gasteiger partial charge in [-0.1, -0.05) is 0 Å². The minimum atomic E-state index is 0.180. The van der Waals surface area contributed by atoms with Crippen molar-refractivity contribution in [2.75, 3.05) is 20.3 Å². The van der Waals surface area contributed by atoms with Crippen LogP contribution in [-0.4, -0.2) is 32.3 Å². The first-order chi connectivity index (χ1) is 8.11. The molecule has 0 saturated carbocycles. The lowest BCUT2D eigenvalue weighted by Crippen LogP contribution is -2.40. The maximum Gasteiger partial charge on any atom is 0.188 e. The molecule has 1 heterocycles. The van der Waals surface area contributed by atoms with E-state index in [9.17, 15) is 0 Å². The van der Waals surface area contributed by atoms with E-state index in [1.807, 2.05) is 13.0 Å². The Labute approximate surface area is 114 Å². The van der Waals surface area contributed by atoms with Crippen molar-refractivity contribution in [1.29, 1.82) is 0 Å². The number of rotatable bonds is 6. The molecule has 0 saturated heterocycles. The highest BCUT2D eigenvalue weighted by atomic mass is 79.9. The van der Waals surface area contributed by atoms with Gasteiger partial charge in [0.1, 0.15) is 0 Å². The molecular formula is C11H18BrN3OS. The number of hydrogen-bond acceptors (Lipinski definition) is 3. The normalized spacial score (nSPS) is 13.7. The third-order valence-corrected chi connectivity index (χ3v) is 3.76. The number of nitrogens with zero attached hydrogens (tertiary/aromatic N) is 1. The van der Waals surface area contributed by atoms with Gasteiger partial charge < -0.3 is 15.8 Å². The van der Waals surface area contributed by atoms with Crippen molar-refractivity contribution < 1.29 is 4.74 Å². The molecule has 0 aliphatic heterocycles. The fourth-order valence-electron chi connectivity index (χ4n) is 1.36. The summed E-state index contributed by atoms with van der Waals surface area (Å²) in [7, 11) is 1.67. The summed E-state index contributed by atoms with van der Waals surface area (Å²) in [6.07, 6.45) is 0.914. The van der Waals surface area contributed by atoms with Gasteiger partial charge in [-0.3, -0.25) is 4.99 Å². The number of guanidine groups is 1. The predicted octanol–water partition coefficient (Wildman–Crippen LogP) is 1.99. The van der Waals surface area contributed by atoms with Crippen molar-refractivity contribution in [2.24, 2.45) is 10.7 Å². The maximum atomic E-state index is 5.75. The highest BCUT2D eigenvalue weighted by molar-refractivity contribution is 9.11. The van der Waals surface area contributed by atoms with Crippen LogP contribution in [0, 0.1) is 0 Å². The van der Waals surface area contributed by atoms with Gasteiger partial charge in [-0.15, -0.1) is 11.3 Å². The Balaban J connectivity index is 2.28. The Morgan fingerprint density at radius 2 is 2.41 bits per heavy atom. The SMILES string of the molecule is COCC(C)NC(N)=NCCc1ccc(Br)s1. The highest BCUT2D eigenvalue weighted by Gasteiger charge is 2.01. The summed E-state index contributed by atoms with van der Waals surface area (Å²) < 4.78 is 6.15. The van der Waals surface area contributed by atoms with E-state index in [0.717, 1.165) is 10.2 Å². The maximum absolute atomic E-state index is 5.75. The summed E-state index contributed by atoms with van der Waals surface area (Å²) in [6, 6.07) is 4.33. The minimum Gasteiger partial charge on any atom is -0.383 e. The van der Waals surface area contributed by atoms with Crippen LogP contribution in [0.4, 0.5) is 0 Å². The second-order valence-corrected chi connectivity index (χ2v) is 6.27. The summed E-state index contributed by atoms with van der Waals surface area (Å²) in [5.41, 5.74) is 5.75. The van der Waals surface area contributed by atoms with E-state index in [-0.39, 0.29) is 6.04 Å². The summed E-state index contributed by atoms with van der Waals surface area (Å²) in [5.74, 6) is 0.477. The topological polar surface area (TPSA) is 59.6 Å². The summed E-state index contributed by atoms with van der Waals surface area (Å²) in [6.45, 7) is 3.32. The van der Waals surface area contributed by atoms with Gasteiger partial charge in [0.05, 0.1) is 10.4 Å². The van der Waals surface area contributed by atoms with Crippen LogP contribution in [0.1, 0.15) is 11.8 Å². The molecule has 17 heavy (non-hydrogen) atoms. The molecule has 0 spiro atoms. The molecule has 1 aromatic heterocycles. The quantitative estimate of drug-likeness (QED) is 0.622. The van der Waals surface area contributed by atoms with E-state index < -0.39 is 0 Å². The van der Waals surface area contributed by atoms with Crippen LogP contribution < -0.4 is 11.1 Å². The van der Waals surface area contributed by atoms with Gasteiger partial charge in [0.25, 0.3) is 0 Å². The van der Waals surface area contributed by atoms with Crippen LogP contribution in [0.15, 0.2) is 20.9 Å². The Morgan fingerprint density at radius 3 is 3.00 bits per heavy atom. The van der Waals surface area contributed by atoms with E-state index in [1.165, 1.54) is 4.88 Å². The van der Waals surface area contributed by atoms with Crippen molar-refractivity contribution >= 4 is 33.2 Å². The summed E-state index contributed by atoms with van der Waals surface area (Å²) in [4.78, 5) is 5.57. The van der Waals surface area contributed by atoms with Gasteiger partial charge >= 0.3 is 0 Å². The largest absolute Gasteiger partial charge is 0.383 e. The third kappa shape index (κ3) is 6.05. The van der Waals surface area contributed by atoms with Crippen molar-refractivity contribution in [1.82, 2.24) is 5.32 Å². The molecule has 0 aliphatic rings. The van der Waals surface area contributed by atoms with Gasteiger partial charge in [0, 0.05) is 31.0 Å². The smallest absolute Gasteiger partial charge is 0.188 e. The van der Waals surface area contributed by atoms with Crippen molar-refractivity contribution in [3.8, 4) is 0 Å². The molecule has 96 valence electrons. The average Bonchev–Trinajstić information content (AvgIpc) is 2.64. The Bertz CT molecular complexity index is 367. The molecular weight excluding hydrogens is 302 g/mol. The number of hydrogen-bond donors (Lipinski definition) is 2. The molecule has 4 nitrogen and oxygen atoms in total. The van der Waals surface area contributed by atoms with Crippen molar-refractivity contribution in [2.45, 2.75) is 19.4 Å². The lowest BCUT2D eigenvalue weighted by Gasteiger charge is -2.12. The first-order valence-electron chi connectivity index (χ1n) is 5.41. The van der Waals surface area contributed by atoms with Gasteiger partial charge in [-0.25, -0.2) is 0 Å². The lowest BCUT2D eigenvalue weighted by atomic mass is 10.3. The average molecular weight is 320 g/mol. The van der Waals surface area contributed by atoms with Crippen LogP contribution in [0.2, 0.25) is 0 Å². The molecule has 1 rings (SSSR count). The first-order valence-corrected chi connectivity index (χ1v) is 7.02. The van der Waals surface area contributed by atoms with Crippen molar-refractivity contribution in [3.63, 3.8) is 0 Å². The fraction of sp³-hybridized carbons (Fsp3) is 0.545. The third-order valence-electron chi connectivity index (χ3n) is 2.08. The minimum absolute atomic E-state index is 0.180. The number of nitrogens with two attached hydrogens (primary N) is 1. The van der Waals surface area contributed by atoms with Crippen LogP contribution in [0.5, 0.6) is 0 Å². The Kier molecular flexibility index (Phi) is 6.54. The molecule has 6 heteroatoms. The Hall–Kier alpha value is -0.590. The fourth-order valence-corrected chi connectivity index (χ4v) is 2.83. The van der Waals surface area contributed by atoms with Crippen LogP contribution in [0.25, 0.3) is 0 Å². The van der Waals surface area contributed by atoms with Gasteiger partial charge in [-0.05, 0) is 35.0 Å². The highest BCUT2D eigenvalue weighted by Crippen LogP contribution is 2.22. The van der Waals surface area contributed by atoms with Crippen molar-refractivity contribution in [3.05, 3.63) is 20.8 Å². The van der Waals surface area contributed by atoms with Crippen LogP contribution >= 0.6 is 27.3 Å². The summed E-state index contributed by atoms with van der Waals surface area (Å²) >= 11 is 5.16. The standard InChI is InChI=1S/C11H18BrN3OS/c1-8(7-16-2)15-11(13)14-6-5-9-3-4-10(12)17-9/h3-4,8H,5-7H2,1-2H3,(H3,13,14,15). The van der Waals surface area contributed by atoms with E-state index in [2.05, 4.69) is 32.3 Å². The molecule has 1 atom stereocenters. The number of aliphatic imine (C=N–C) groups is 1. The molecule has 0 aliphatic carbocycles. The first kappa shape index (κ1) is 14.5. The molecule has 1 aromatic rings.